The number of hydrogen-bond acceptors (Lipinski definition) is 3. The molecule has 1 saturated heterocycles. The molecule has 1 aromatic carbocycles. The molecule has 20 heavy (non-hydrogen) atoms. The maximum absolute atomic E-state index is 12.8. The number of ether oxygens (including phenoxy) is 1. The maximum atomic E-state index is 12.8. The van der Waals surface area contributed by atoms with E-state index in [1.165, 1.54) is 25.0 Å². The van der Waals surface area contributed by atoms with Crippen molar-refractivity contribution in [1.82, 2.24) is 4.90 Å². The van der Waals surface area contributed by atoms with Gasteiger partial charge in [0.2, 0.25) is 0 Å². The Hall–Kier alpha value is -0.970. The molecule has 1 aliphatic rings. The highest BCUT2D eigenvalue weighted by Gasteiger charge is 2.19. The third-order valence-electron chi connectivity index (χ3n) is 4.08. The molecule has 0 saturated carbocycles. The zero-order valence-corrected chi connectivity index (χ0v) is 12.1. The van der Waals surface area contributed by atoms with Gasteiger partial charge in [-0.1, -0.05) is 12.1 Å². The molecule has 0 aromatic heterocycles. The van der Waals surface area contributed by atoms with Gasteiger partial charge in [-0.2, -0.15) is 0 Å². The molecule has 3 nitrogen and oxygen atoms in total. The van der Waals surface area contributed by atoms with Crippen LogP contribution >= 0.6 is 0 Å². The molecule has 0 amide bonds. The predicted molar refractivity (Wildman–Crippen MR) is 77.0 cm³/mol. The molecule has 112 valence electrons. The Morgan fingerprint density at radius 2 is 1.95 bits per heavy atom. The van der Waals surface area contributed by atoms with Crippen LogP contribution in [0, 0.1) is 11.7 Å². The van der Waals surface area contributed by atoms with Gasteiger partial charge in [-0.15, -0.1) is 0 Å². The van der Waals surface area contributed by atoms with E-state index >= 15 is 0 Å². The summed E-state index contributed by atoms with van der Waals surface area (Å²) < 4.78 is 18.0. The van der Waals surface area contributed by atoms with Crippen molar-refractivity contribution in [2.75, 3.05) is 33.4 Å². The van der Waals surface area contributed by atoms with Crippen LogP contribution in [-0.2, 0) is 4.74 Å². The number of benzene rings is 1. The summed E-state index contributed by atoms with van der Waals surface area (Å²) in [6.07, 6.45) is 2.52. The summed E-state index contributed by atoms with van der Waals surface area (Å²) in [7, 11) is 1.76. The van der Waals surface area contributed by atoms with Crippen LogP contribution in [0.3, 0.4) is 0 Å². The van der Waals surface area contributed by atoms with Crippen molar-refractivity contribution in [2.45, 2.75) is 25.4 Å². The first-order chi connectivity index (χ1) is 9.69. The lowest BCUT2D eigenvalue weighted by molar-refractivity contribution is 0.0869. The molecule has 4 heteroatoms. The largest absolute Gasteiger partial charge is 0.388 e. The van der Waals surface area contributed by atoms with Gasteiger partial charge in [0.05, 0.1) is 6.10 Å². The van der Waals surface area contributed by atoms with Gasteiger partial charge in [0.1, 0.15) is 5.82 Å². The Kier molecular flexibility index (Phi) is 5.95. The Bertz CT molecular complexity index is 388. The Labute approximate surface area is 120 Å². The Morgan fingerprint density at radius 1 is 1.30 bits per heavy atom. The molecule has 0 aliphatic carbocycles. The monoisotopic (exact) mass is 281 g/mol. The standard InChI is InChI=1S/C16H24FNO2/c1-20-12-13-6-9-18(10-7-13)11-8-16(19)14-2-4-15(17)5-3-14/h2-5,13,16,19H,6-12H2,1H3. The van der Waals surface area contributed by atoms with Crippen LogP contribution in [-0.4, -0.2) is 43.4 Å². The van der Waals surface area contributed by atoms with Crippen LogP contribution in [0.4, 0.5) is 4.39 Å². The van der Waals surface area contributed by atoms with E-state index in [1.54, 1.807) is 19.2 Å². The van der Waals surface area contributed by atoms with Crippen LogP contribution in [0.5, 0.6) is 0 Å². The molecule has 1 heterocycles. The summed E-state index contributed by atoms with van der Waals surface area (Å²) in [5, 5.41) is 10.1. The molecular formula is C16H24FNO2. The fourth-order valence-corrected chi connectivity index (χ4v) is 2.77. The quantitative estimate of drug-likeness (QED) is 0.870. The Morgan fingerprint density at radius 3 is 2.55 bits per heavy atom. The van der Waals surface area contributed by atoms with E-state index in [0.29, 0.717) is 12.3 Å². The van der Waals surface area contributed by atoms with Crippen molar-refractivity contribution in [3.63, 3.8) is 0 Å². The molecule has 1 aromatic rings. The second-order valence-electron chi connectivity index (χ2n) is 5.60. The lowest BCUT2D eigenvalue weighted by atomic mass is 9.97. The average Bonchev–Trinajstić information content (AvgIpc) is 2.47. The van der Waals surface area contributed by atoms with Gasteiger partial charge in [-0.25, -0.2) is 4.39 Å². The van der Waals surface area contributed by atoms with Gasteiger partial charge in [0.15, 0.2) is 0 Å². The maximum Gasteiger partial charge on any atom is 0.123 e. The topological polar surface area (TPSA) is 32.7 Å². The van der Waals surface area contributed by atoms with Gasteiger partial charge in [-0.05, 0) is 56.0 Å². The highest BCUT2D eigenvalue weighted by atomic mass is 19.1. The zero-order chi connectivity index (χ0) is 14.4. The minimum absolute atomic E-state index is 0.263. The smallest absolute Gasteiger partial charge is 0.123 e. The van der Waals surface area contributed by atoms with Crippen LogP contribution in [0.1, 0.15) is 30.9 Å². The zero-order valence-electron chi connectivity index (χ0n) is 12.1. The normalized spacial score (nSPS) is 19.1. The second-order valence-corrected chi connectivity index (χ2v) is 5.60. The van der Waals surface area contributed by atoms with Crippen molar-refractivity contribution >= 4 is 0 Å². The number of likely N-dealkylation sites (tertiary alicyclic amines) is 1. The molecule has 1 unspecified atom stereocenters. The van der Waals surface area contributed by atoms with E-state index in [4.69, 9.17) is 4.74 Å². The highest BCUT2D eigenvalue weighted by molar-refractivity contribution is 5.18. The number of aliphatic hydroxyl groups excluding tert-OH is 1. The molecule has 1 atom stereocenters. The SMILES string of the molecule is COCC1CCN(CCC(O)c2ccc(F)cc2)CC1. The van der Waals surface area contributed by atoms with Crippen LogP contribution in [0.15, 0.2) is 24.3 Å². The fourth-order valence-electron chi connectivity index (χ4n) is 2.77. The van der Waals surface area contributed by atoms with E-state index < -0.39 is 6.10 Å². The number of halogens is 1. The van der Waals surface area contributed by atoms with Crippen LogP contribution < -0.4 is 0 Å². The highest BCUT2D eigenvalue weighted by Crippen LogP contribution is 2.21. The average molecular weight is 281 g/mol. The fraction of sp³-hybridized carbons (Fsp3) is 0.625. The van der Waals surface area contributed by atoms with Gasteiger partial charge in [0, 0.05) is 20.3 Å². The summed E-state index contributed by atoms with van der Waals surface area (Å²) in [6, 6.07) is 6.11. The number of rotatable bonds is 6. The van der Waals surface area contributed by atoms with Gasteiger partial charge in [-0.3, -0.25) is 0 Å². The third-order valence-corrected chi connectivity index (χ3v) is 4.08. The van der Waals surface area contributed by atoms with E-state index in [1.807, 2.05) is 0 Å². The molecule has 1 fully saturated rings. The third kappa shape index (κ3) is 4.54. The van der Waals surface area contributed by atoms with Crippen LogP contribution in [0.2, 0.25) is 0 Å². The van der Waals surface area contributed by atoms with Gasteiger partial charge >= 0.3 is 0 Å². The summed E-state index contributed by atoms with van der Waals surface area (Å²) in [5.41, 5.74) is 0.792. The minimum atomic E-state index is -0.507. The van der Waals surface area contributed by atoms with Crippen molar-refractivity contribution < 1.29 is 14.2 Å². The number of nitrogens with zero attached hydrogens (tertiary/aromatic N) is 1. The molecule has 2 rings (SSSR count). The number of hydrogen-bond donors (Lipinski definition) is 1. The van der Waals surface area contributed by atoms with Gasteiger partial charge in [0.25, 0.3) is 0 Å². The molecule has 0 spiro atoms. The molecule has 0 radical (unpaired) electrons. The minimum Gasteiger partial charge on any atom is -0.388 e. The summed E-state index contributed by atoms with van der Waals surface area (Å²) in [5.74, 6) is 0.416. The first kappa shape index (κ1) is 15.4. The summed E-state index contributed by atoms with van der Waals surface area (Å²) in [4.78, 5) is 2.39. The van der Waals surface area contributed by atoms with E-state index in [0.717, 1.165) is 31.8 Å². The first-order valence-electron chi connectivity index (χ1n) is 7.34. The summed E-state index contributed by atoms with van der Waals surface area (Å²) in [6.45, 7) is 3.89. The molecule has 0 bridgehead atoms. The van der Waals surface area contributed by atoms with E-state index in [2.05, 4.69) is 4.90 Å². The van der Waals surface area contributed by atoms with Crippen molar-refractivity contribution in [3.8, 4) is 0 Å². The van der Waals surface area contributed by atoms with Gasteiger partial charge < -0.3 is 14.7 Å². The van der Waals surface area contributed by atoms with Crippen molar-refractivity contribution in [2.24, 2.45) is 5.92 Å². The lowest BCUT2D eigenvalue weighted by Crippen LogP contribution is -2.36. The number of piperidine rings is 1. The second kappa shape index (κ2) is 7.72. The number of aliphatic hydroxyl groups is 1. The molecular weight excluding hydrogens is 257 g/mol. The van der Waals surface area contributed by atoms with E-state index in [9.17, 15) is 9.50 Å². The molecule has 1 N–H and O–H groups in total. The first-order valence-corrected chi connectivity index (χ1v) is 7.34. The number of methoxy groups -OCH3 is 1. The predicted octanol–water partition coefficient (Wildman–Crippen LogP) is 2.61. The van der Waals surface area contributed by atoms with Crippen molar-refractivity contribution in [1.29, 1.82) is 0 Å². The van der Waals surface area contributed by atoms with E-state index in [-0.39, 0.29) is 5.82 Å². The summed E-state index contributed by atoms with van der Waals surface area (Å²) >= 11 is 0. The van der Waals surface area contributed by atoms with Crippen molar-refractivity contribution in [3.05, 3.63) is 35.6 Å². The Balaban J connectivity index is 1.71. The van der Waals surface area contributed by atoms with Crippen LogP contribution in [0.25, 0.3) is 0 Å². The lowest BCUT2D eigenvalue weighted by Gasteiger charge is -2.32. The molecule has 1 aliphatic heterocycles.